The minimum absolute atomic E-state index is 1.14. The van der Waals surface area contributed by atoms with E-state index in [9.17, 15) is 0 Å². The Kier molecular flexibility index (Phi) is 5.39. The molecule has 1 heterocycles. The lowest BCUT2D eigenvalue weighted by molar-refractivity contribution is 1.30. The molecule has 8 aromatic rings. The molecule has 0 radical (unpaired) electrons. The zero-order valence-electron chi connectivity index (χ0n) is 21.8. The van der Waals surface area contributed by atoms with Crippen LogP contribution in [0.4, 0.5) is 17.1 Å². The smallest absolute Gasteiger partial charge is 0.0561 e. The average molecular weight is 528 g/mol. The standard InChI is InChI=1S/C38H25NS/c1-3-11-26(12-4-1)27-21-23-31(24-22-27)39(30-14-5-2-6-15-30)34-25-29-20-19-28-13-7-8-16-32(28)36(29)38-37(34)33-17-9-10-18-35(33)40-38/h1-25H. The third-order valence-corrected chi connectivity index (χ3v) is 9.01. The van der Waals surface area contributed by atoms with Gasteiger partial charge in [-0.3, -0.25) is 0 Å². The number of benzene rings is 7. The molecule has 8 rings (SSSR count). The predicted molar refractivity (Wildman–Crippen MR) is 174 cm³/mol. The Labute approximate surface area is 237 Å². The van der Waals surface area contributed by atoms with Crippen molar-refractivity contribution in [3.05, 3.63) is 152 Å². The molecule has 0 atom stereocenters. The highest BCUT2D eigenvalue weighted by molar-refractivity contribution is 7.27. The van der Waals surface area contributed by atoms with Gasteiger partial charge in [-0.1, -0.05) is 115 Å². The van der Waals surface area contributed by atoms with Crippen molar-refractivity contribution in [2.45, 2.75) is 0 Å². The number of nitrogens with zero attached hydrogens (tertiary/aromatic N) is 1. The molecule has 7 aromatic carbocycles. The first kappa shape index (κ1) is 23.0. The van der Waals surface area contributed by atoms with Crippen molar-refractivity contribution in [3.63, 3.8) is 0 Å². The molecule has 1 aromatic heterocycles. The van der Waals surface area contributed by atoms with Crippen LogP contribution >= 0.6 is 11.3 Å². The van der Waals surface area contributed by atoms with Gasteiger partial charge in [0.25, 0.3) is 0 Å². The SMILES string of the molecule is c1ccc(-c2ccc(N(c3ccccc3)c3cc4ccc5ccccc5c4c4sc5ccccc5c34)cc2)cc1. The number of thiophene rings is 1. The van der Waals surface area contributed by atoms with E-state index in [0.717, 1.165) is 11.4 Å². The Morgan fingerprint density at radius 3 is 1.82 bits per heavy atom. The zero-order chi connectivity index (χ0) is 26.5. The van der Waals surface area contributed by atoms with Crippen molar-refractivity contribution in [3.8, 4) is 11.1 Å². The van der Waals surface area contributed by atoms with Crippen LogP contribution < -0.4 is 4.90 Å². The van der Waals surface area contributed by atoms with E-state index in [0.29, 0.717) is 0 Å². The number of rotatable bonds is 4. The van der Waals surface area contributed by atoms with E-state index in [4.69, 9.17) is 0 Å². The molecule has 0 aliphatic heterocycles. The Morgan fingerprint density at radius 2 is 1.02 bits per heavy atom. The highest BCUT2D eigenvalue weighted by atomic mass is 32.1. The fourth-order valence-electron chi connectivity index (χ4n) is 5.97. The van der Waals surface area contributed by atoms with E-state index in [1.54, 1.807) is 0 Å². The average Bonchev–Trinajstić information content (AvgIpc) is 3.42. The summed E-state index contributed by atoms with van der Waals surface area (Å²) in [7, 11) is 0. The molecule has 0 aliphatic rings. The molecule has 1 nitrogen and oxygen atoms in total. The molecule has 0 saturated heterocycles. The number of anilines is 3. The third kappa shape index (κ3) is 3.69. The molecule has 0 saturated carbocycles. The lowest BCUT2D eigenvalue weighted by Gasteiger charge is -2.27. The Balaban J connectivity index is 1.45. The van der Waals surface area contributed by atoms with Crippen molar-refractivity contribution in [2.75, 3.05) is 4.90 Å². The van der Waals surface area contributed by atoms with Gasteiger partial charge in [0, 0.05) is 36.9 Å². The first-order valence-corrected chi connectivity index (χ1v) is 14.4. The van der Waals surface area contributed by atoms with Gasteiger partial charge in [0.05, 0.1) is 5.69 Å². The van der Waals surface area contributed by atoms with Crippen LogP contribution in [-0.2, 0) is 0 Å². The van der Waals surface area contributed by atoms with Gasteiger partial charge < -0.3 is 4.90 Å². The van der Waals surface area contributed by atoms with Gasteiger partial charge in [0.15, 0.2) is 0 Å². The van der Waals surface area contributed by atoms with Gasteiger partial charge in [-0.05, 0) is 63.7 Å². The number of hydrogen-bond acceptors (Lipinski definition) is 2. The van der Waals surface area contributed by atoms with Crippen molar-refractivity contribution in [1.29, 1.82) is 0 Å². The first-order valence-electron chi connectivity index (χ1n) is 13.6. The van der Waals surface area contributed by atoms with Gasteiger partial charge in [0.2, 0.25) is 0 Å². The van der Waals surface area contributed by atoms with Crippen LogP contribution in [0.2, 0.25) is 0 Å². The highest BCUT2D eigenvalue weighted by Crippen LogP contribution is 2.49. The summed E-state index contributed by atoms with van der Waals surface area (Å²) in [6, 6.07) is 54.8. The molecular weight excluding hydrogens is 502 g/mol. The zero-order valence-corrected chi connectivity index (χ0v) is 22.6. The summed E-state index contributed by atoms with van der Waals surface area (Å²) in [5.74, 6) is 0. The Bertz CT molecular complexity index is 2140. The lowest BCUT2D eigenvalue weighted by Crippen LogP contribution is -2.10. The molecular formula is C38H25NS. The summed E-state index contributed by atoms with van der Waals surface area (Å²) in [6.07, 6.45) is 0. The molecule has 2 heteroatoms. The van der Waals surface area contributed by atoms with Crippen LogP contribution in [0.15, 0.2) is 152 Å². The Hall–Kier alpha value is -4.92. The maximum Gasteiger partial charge on any atom is 0.0561 e. The van der Waals surface area contributed by atoms with Crippen LogP contribution in [0.25, 0.3) is 52.8 Å². The summed E-state index contributed by atoms with van der Waals surface area (Å²) < 4.78 is 2.65. The summed E-state index contributed by atoms with van der Waals surface area (Å²) in [6.45, 7) is 0. The van der Waals surface area contributed by atoms with E-state index >= 15 is 0 Å². The van der Waals surface area contributed by atoms with Crippen molar-refractivity contribution in [1.82, 2.24) is 0 Å². The summed E-state index contributed by atoms with van der Waals surface area (Å²) >= 11 is 1.90. The lowest BCUT2D eigenvalue weighted by atomic mass is 9.97. The van der Waals surface area contributed by atoms with Gasteiger partial charge in [0.1, 0.15) is 0 Å². The largest absolute Gasteiger partial charge is 0.310 e. The maximum atomic E-state index is 2.42. The third-order valence-electron chi connectivity index (χ3n) is 7.82. The van der Waals surface area contributed by atoms with Gasteiger partial charge >= 0.3 is 0 Å². The normalized spacial score (nSPS) is 11.5. The minimum atomic E-state index is 1.14. The summed E-state index contributed by atoms with van der Waals surface area (Å²) in [5.41, 5.74) is 5.93. The molecule has 0 aliphatic carbocycles. The maximum absolute atomic E-state index is 2.42. The second-order valence-corrected chi connectivity index (χ2v) is 11.2. The van der Waals surface area contributed by atoms with E-state index < -0.39 is 0 Å². The fourth-order valence-corrected chi connectivity index (χ4v) is 7.26. The Morgan fingerprint density at radius 1 is 0.425 bits per heavy atom. The van der Waals surface area contributed by atoms with Crippen molar-refractivity contribution in [2.24, 2.45) is 0 Å². The first-order chi connectivity index (χ1) is 19.8. The molecule has 0 amide bonds. The summed E-state index contributed by atoms with van der Waals surface area (Å²) in [4.78, 5) is 2.42. The number of fused-ring (bicyclic) bond motifs is 7. The van der Waals surface area contributed by atoms with E-state index in [2.05, 4.69) is 157 Å². The monoisotopic (exact) mass is 527 g/mol. The molecule has 0 fully saturated rings. The molecule has 0 N–H and O–H groups in total. The van der Waals surface area contributed by atoms with E-state index in [1.165, 1.54) is 58.5 Å². The molecule has 188 valence electrons. The van der Waals surface area contributed by atoms with Crippen molar-refractivity contribution < 1.29 is 0 Å². The van der Waals surface area contributed by atoms with E-state index in [-0.39, 0.29) is 0 Å². The van der Waals surface area contributed by atoms with Gasteiger partial charge in [-0.15, -0.1) is 11.3 Å². The van der Waals surface area contributed by atoms with Gasteiger partial charge in [-0.25, -0.2) is 0 Å². The van der Waals surface area contributed by atoms with Crippen LogP contribution in [0, 0.1) is 0 Å². The highest BCUT2D eigenvalue weighted by Gasteiger charge is 2.21. The van der Waals surface area contributed by atoms with Crippen LogP contribution in [0.5, 0.6) is 0 Å². The number of para-hydroxylation sites is 1. The quantitative estimate of drug-likeness (QED) is 0.206. The minimum Gasteiger partial charge on any atom is -0.310 e. The number of hydrogen-bond donors (Lipinski definition) is 0. The second kappa shape index (κ2) is 9.37. The fraction of sp³-hybridized carbons (Fsp3) is 0. The molecule has 0 spiro atoms. The van der Waals surface area contributed by atoms with Crippen molar-refractivity contribution >= 4 is 70.1 Å². The second-order valence-electron chi connectivity index (χ2n) is 10.2. The van der Waals surface area contributed by atoms with Crippen LogP contribution in [-0.4, -0.2) is 0 Å². The summed E-state index contributed by atoms with van der Waals surface area (Å²) in [5, 5.41) is 7.79. The topological polar surface area (TPSA) is 3.24 Å². The predicted octanol–water partition coefficient (Wildman–Crippen LogP) is 11.5. The molecule has 40 heavy (non-hydrogen) atoms. The van der Waals surface area contributed by atoms with Crippen LogP contribution in [0.3, 0.4) is 0 Å². The van der Waals surface area contributed by atoms with Crippen LogP contribution in [0.1, 0.15) is 0 Å². The van der Waals surface area contributed by atoms with E-state index in [1.807, 2.05) is 11.3 Å². The molecule has 0 bridgehead atoms. The molecule has 0 unspecified atom stereocenters. The van der Waals surface area contributed by atoms with Gasteiger partial charge in [-0.2, -0.15) is 0 Å².